The Morgan fingerprint density at radius 2 is 1.62 bits per heavy atom. The Balaban J connectivity index is 1.91. The van der Waals surface area contributed by atoms with Gasteiger partial charge in [0.1, 0.15) is 0 Å². The minimum absolute atomic E-state index is 0.181. The van der Waals surface area contributed by atoms with E-state index in [2.05, 4.69) is 6.92 Å². The van der Waals surface area contributed by atoms with Gasteiger partial charge >= 0.3 is 5.97 Å². The van der Waals surface area contributed by atoms with Crippen LogP contribution in [0.2, 0.25) is 0 Å². The lowest BCUT2D eigenvalue weighted by Crippen LogP contribution is -2.41. The molecule has 0 atom stereocenters. The van der Waals surface area contributed by atoms with E-state index in [1.165, 1.54) is 27.4 Å². The summed E-state index contributed by atoms with van der Waals surface area (Å²) in [6.07, 6.45) is 7.09. The molecule has 29 heavy (non-hydrogen) atoms. The van der Waals surface area contributed by atoms with Crippen molar-refractivity contribution in [2.24, 2.45) is 5.92 Å². The maximum atomic E-state index is 12.3. The Morgan fingerprint density at radius 3 is 2.14 bits per heavy atom. The van der Waals surface area contributed by atoms with Crippen LogP contribution in [0.1, 0.15) is 38.2 Å². The predicted octanol–water partition coefficient (Wildman–Crippen LogP) is 3.31. The zero-order valence-corrected chi connectivity index (χ0v) is 17.9. The third-order valence-corrected chi connectivity index (χ3v) is 5.36. The molecule has 1 fully saturated rings. The van der Waals surface area contributed by atoms with Gasteiger partial charge in [-0.2, -0.15) is 0 Å². The summed E-state index contributed by atoms with van der Waals surface area (Å²) < 4.78 is 21.0. The molecule has 0 saturated heterocycles. The highest BCUT2D eigenvalue weighted by molar-refractivity contribution is 5.89. The molecule has 0 spiro atoms. The van der Waals surface area contributed by atoms with Gasteiger partial charge in [-0.15, -0.1) is 0 Å². The van der Waals surface area contributed by atoms with Crippen LogP contribution >= 0.6 is 0 Å². The molecule has 1 aromatic rings. The monoisotopic (exact) mass is 405 g/mol. The number of likely N-dealkylation sites (N-methyl/N-ethyl adjacent to an activating group) is 1. The minimum atomic E-state index is -0.585. The maximum Gasteiger partial charge on any atom is 0.331 e. The second kappa shape index (κ2) is 10.7. The number of amides is 1. The van der Waals surface area contributed by atoms with E-state index >= 15 is 0 Å². The number of ether oxygens (including phenoxy) is 4. The maximum absolute atomic E-state index is 12.3. The van der Waals surface area contributed by atoms with Crippen molar-refractivity contribution in [3.8, 4) is 17.2 Å². The molecule has 7 nitrogen and oxygen atoms in total. The molecule has 0 N–H and O–H groups in total. The second-order valence-corrected chi connectivity index (χ2v) is 7.32. The SMILES string of the molecule is COc1cc(/C=C/C(=O)OCC(=O)N(C)C2CCC(C)CC2)cc(OC)c1OC. The van der Waals surface area contributed by atoms with Crippen molar-refractivity contribution in [3.63, 3.8) is 0 Å². The van der Waals surface area contributed by atoms with Crippen molar-refractivity contribution in [2.45, 2.75) is 38.6 Å². The average Bonchev–Trinajstić information content (AvgIpc) is 2.74. The standard InChI is InChI=1S/C22H31NO6/c1-15-6-9-17(10-7-15)23(2)20(24)14-29-21(25)11-8-16-12-18(26-3)22(28-5)19(13-16)27-4/h8,11-13,15,17H,6-7,9-10,14H2,1-5H3/b11-8+. The predicted molar refractivity (Wildman–Crippen MR) is 110 cm³/mol. The molecule has 7 heteroatoms. The zero-order valence-electron chi connectivity index (χ0n) is 17.9. The lowest BCUT2D eigenvalue weighted by molar-refractivity contribution is -0.148. The molecule has 2 rings (SSSR count). The number of nitrogens with zero attached hydrogens (tertiary/aromatic N) is 1. The van der Waals surface area contributed by atoms with E-state index in [0.717, 1.165) is 25.7 Å². The van der Waals surface area contributed by atoms with Gasteiger partial charge in [-0.05, 0) is 55.4 Å². The fraction of sp³-hybridized carbons (Fsp3) is 0.545. The number of hydrogen-bond acceptors (Lipinski definition) is 6. The number of hydrogen-bond donors (Lipinski definition) is 0. The lowest BCUT2D eigenvalue weighted by atomic mass is 9.87. The van der Waals surface area contributed by atoms with Crippen molar-refractivity contribution in [2.75, 3.05) is 35.0 Å². The molecule has 1 saturated carbocycles. The van der Waals surface area contributed by atoms with Crippen molar-refractivity contribution >= 4 is 18.0 Å². The first-order chi connectivity index (χ1) is 13.9. The summed E-state index contributed by atoms with van der Waals surface area (Å²) in [5.41, 5.74) is 0.677. The van der Waals surface area contributed by atoms with Gasteiger partial charge in [-0.1, -0.05) is 6.92 Å². The van der Waals surface area contributed by atoms with Gasteiger partial charge in [-0.3, -0.25) is 4.79 Å². The quantitative estimate of drug-likeness (QED) is 0.488. The Labute approximate surface area is 172 Å². The van der Waals surface area contributed by atoms with E-state index in [4.69, 9.17) is 18.9 Å². The highest BCUT2D eigenvalue weighted by atomic mass is 16.5. The summed E-state index contributed by atoms with van der Waals surface area (Å²) in [4.78, 5) is 26.1. The highest BCUT2D eigenvalue weighted by Gasteiger charge is 2.25. The molecule has 1 amide bonds. The van der Waals surface area contributed by atoms with Gasteiger partial charge in [-0.25, -0.2) is 4.79 Å². The van der Waals surface area contributed by atoms with E-state index in [0.29, 0.717) is 28.7 Å². The van der Waals surface area contributed by atoms with Crippen molar-refractivity contribution in [1.82, 2.24) is 4.90 Å². The molecule has 0 aliphatic heterocycles. The Hall–Kier alpha value is -2.70. The third-order valence-electron chi connectivity index (χ3n) is 5.36. The molecule has 1 aromatic carbocycles. The van der Waals surface area contributed by atoms with Gasteiger partial charge in [0.25, 0.3) is 5.91 Å². The molecule has 0 radical (unpaired) electrons. The largest absolute Gasteiger partial charge is 0.493 e. The first-order valence-electron chi connectivity index (χ1n) is 9.80. The number of rotatable bonds is 8. The van der Waals surface area contributed by atoms with Crippen LogP contribution in [0.15, 0.2) is 18.2 Å². The van der Waals surface area contributed by atoms with Crippen LogP contribution in [-0.2, 0) is 14.3 Å². The van der Waals surface area contributed by atoms with Crippen LogP contribution in [0.3, 0.4) is 0 Å². The molecular weight excluding hydrogens is 374 g/mol. The van der Waals surface area contributed by atoms with Gasteiger partial charge in [0.05, 0.1) is 21.3 Å². The van der Waals surface area contributed by atoms with E-state index < -0.39 is 5.97 Å². The fourth-order valence-electron chi connectivity index (χ4n) is 3.48. The Kier molecular flexibility index (Phi) is 8.36. The van der Waals surface area contributed by atoms with Crippen LogP contribution in [0.5, 0.6) is 17.2 Å². The van der Waals surface area contributed by atoms with E-state index in [1.54, 1.807) is 30.2 Å². The zero-order chi connectivity index (χ0) is 21.4. The summed E-state index contributed by atoms with van der Waals surface area (Å²) in [5, 5.41) is 0. The van der Waals surface area contributed by atoms with Crippen molar-refractivity contribution in [1.29, 1.82) is 0 Å². The van der Waals surface area contributed by atoms with Crippen LogP contribution < -0.4 is 14.2 Å². The van der Waals surface area contributed by atoms with Gasteiger partial charge in [0.2, 0.25) is 5.75 Å². The molecule has 1 aliphatic rings. The van der Waals surface area contributed by atoms with E-state index in [-0.39, 0.29) is 18.6 Å². The van der Waals surface area contributed by atoms with Gasteiger partial charge in [0.15, 0.2) is 18.1 Å². The summed E-state index contributed by atoms with van der Waals surface area (Å²) in [7, 11) is 6.35. The first kappa shape index (κ1) is 22.6. The summed E-state index contributed by atoms with van der Waals surface area (Å²) in [6.45, 7) is 1.97. The number of carbonyl (C=O) groups excluding carboxylic acids is 2. The Morgan fingerprint density at radius 1 is 1.03 bits per heavy atom. The minimum Gasteiger partial charge on any atom is -0.493 e. The van der Waals surface area contributed by atoms with Crippen LogP contribution in [-0.4, -0.2) is 57.8 Å². The summed E-state index contributed by atoms with van der Waals surface area (Å²) in [5.74, 6) is 1.39. The molecule has 0 heterocycles. The normalized spacial score (nSPS) is 18.9. The molecule has 1 aliphatic carbocycles. The summed E-state index contributed by atoms with van der Waals surface area (Å²) >= 11 is 0. The average molecular weight is 405 g/mol. The molecule has 160 valence electrons. The Bertz CT molecular complexity index is 712. The van der Waals surface area contributed by atoms with Gasteiger partial charge in [0, 0.05) is 19.2 Å². The topological polar surface area (TPSA) is 74.3 Å². The number of carbonyl (C=O) groups is 2. The van der Waals surface area contributed by atoms with Crippen molar-refractivity contribution < 1.29 is 28.5 Å². The van der Waals surface area contributed by atoms with E-state index in [1.807, 2.05) is 0 Å². The number of methoxy groups -OCH3 is 3. The summed E-state index contributed by atoms with van der Waals surface area (Å²) in [6, 6.07) is 3.66. The highest BCUT2D eigenvalue weighted by Crippen LogP contribution is 2.38. The van der Waals surface area contributed by atoms with Crippen molar-refractivity contribution in [3.05, 3.63) is 23.8 Å². The van der Waals surface area contributed by atoms with E-state index in [9.17, 15) is 9.59 Å². The van der Waals surface area contributed by atoms with Gasteiger partial charge < -0.3 is 23.8 Å². The van der Waals surface area contributed by atoms with Crippen LogP contribution in [0.4, 0.5) is 0 Å². The fourth-order valence-corrected chi connectivity index (χ4v) is 3.48. The van der Waals surface area contributed by atoms with Crippen LogP contribution in [0, 0.1) is 5.92 Å². The third kappa shape index (κ3) is 6.14. The second-order valence-electron chi connectivity index (χ2n) is 7.32. The molecule has 0 aromatic heterocycles. The molecular formula is C22H31NO6. The molecule has 0 unspecified atom stereocenters. The molecule has 0 bridgehead atoms. The first-order valence-corrected chi connectivity index (χ1v) is 9.80. The smallest absolute Gasteiger partial charge is 0.331 e. The lowest BCUT2D eigenvalue weighted by Gasteiger charge is -2.33. The number of esters is 1. The van der Waals surface area contributed by atoms with Crippen LogP contribution in [0.25, 0.3) is 6.08 Å². The number of benzene rings is 1.